The lowest BCUT2D eigenvalue weighted by atomic mass is 10.0. The topological polar surface area (TPSA) is 43.7 Å². The zero-order chi connectivity index (χ0) is 20.4. The summed E-state index contributed by atoms with van der Waals surface area (Å²) >= 11 is 6.77. The maximum Gasteiger partial charge on any atom is 0.285 e. The summed E-state index contributed by atoms with van der Waals surface area (Å²) in [6.45, 7) is 7.70. The molecule has 1 aliphatic heterocycles. The summed E-state index contributed by atoms with van der Waals surface area (Å²) in [6, 6.07) is 7.76. The molecule has 1 aromatic heterocycles. The number of aryl methyl sites for hydroxylation is 2. The van der Waals surface area contributed by atoms with Gasteiger partial charge in [0.2, 0.25) is 0 Å². The summed E-state index contributed by atoms with van der Waals surface area (Å²) in [5, 5.41) is 1.54. The molecule has 0 N–H and O–H groups in total. The number of aromatic nitrogens is 1. The normalized spacial score (nSPS) is 15.4. The number of thioether (sulfide) groups is 1. The van der Waals surface area contributed by atoms with Crippen molar-refractivity contribution in [3.63, 3.8) is 0 Å². The van der Waals surface area contributed by atoms with Crippen molar-refractivity contribution < 1.29 is 14.3 Å². The van der Waals surface area contributed by atoms with Crippen molar-refractivity contribution in [1.82, 2.24) is 4.68 Å². The summed E-state index contributed by atoms with van der Waals surface area (Å²) in [5.41, 5.74) is 3.69. The quantitative estimate of drug-likeness (QED) is 0.399. The number of amides is 1. The third-order valence-electron chi connectivity index (χ3n) is 4.45. The highest BCUT2D eigenvalue weighted by molar-refractivity contribution is 8.27. The molecule has 146 valence electrons. The molecule has 2 aromatic rings. The van der Waals surface area contributed by atoms with Crippen LogP contribution in [0.4, 0.5) is 0 Å². The molecular weight excluding hydrogens is 392 g/mol. The Morgan fingerprint density at radius 3 is 2.43 bits per heavy atom. The van der Waals surface area contributed by atoms with Crippen molar-refractivity contribution in [3.8, 4) is 11.5 Å². The minimum absolute atomic E-state index is 0.141. The van der Waals surface area contributed by atoms with Gasteiger partial charge in [0.25, 0.3) is 5.91 Å². The van der Waals surface area contributed by atoms with E-state index < -0.39 is 0 Å². The lowest BCUT2D eigenvalue weighted by Crippen LogP contribution is -2.39. The molecule has 0 saturated carbocycles. The standard InChI is InChI=1S/C21H22N2O3S2/c1-6-7-16-10-15(11-17(25-4)19(16)26-5)12-18-20(24)23(21(27)28-18)22-13(2)8-9-14(22)3/h6,8-12H,1,7H2,2-5H3/b18-12-. The van der Waals surface area contributed by atoms with E-state index in [9.17, 15) is 4.79 Å². The number of carbonyl (C=O) groups is 1. The average Bonchev–Trinajstić information content (AvgIpc) is 3.13. The van der Waals surface area contributed by atoms with Gasteiger partial charge < -0.3 is 9.47 Å². The fourth-order valence-electron chi connectivity index (χ4n) is 3.22. The molecule has 5 nitrogen and oxygen atoms in total. The first-order chi connectivity index (χ1) is 13.4. The zero-order valence-electron chi connectivity index (χ0n) is 16.3. The van der Waals surface area contributed by atoms with Gasteiger partial charge in [0.1, 0.15) is 0 Å². The van der Waals surface area contributed by atoms with Crippen LogP contribution < -0.4 is 14.5 Å². The number of nitrogens with zero attached hydrogens (tertiary/aromatic N) is 2. The molecule has 2 heterocycles. The molecule has 0 bridgehead atoms. The van der Waals surface area contributed by atoms with Crippen LogP contribution in [-0.4, -0.2) is 29.1 Å². The summed E-state index contributed by atoms with van der Waals surface area (Å²) in [4.78, 5) is 13.6. The molecule has 1 aliphatic rings. The van der Waals surface area contributed by atoms with Gasteiger partial charge in [-0.1, -0.05) is 17.8 Å². The number of methoxy groups -OCH3 is 2. The third kappa shape index (κ3) is 3.59. The Hall–Kier alpha value is -2.51. The maximum absolute atomic E-state index is 13.1. The molecule has 0 spiro atoms. The minimum atomic E-state index is -0.141. The number of carbonyl (C=O) groups excluding carboxylic acids is 1. The SMILES string of the molecule is C=CCc1cc(/C=C2\SC(=S)N(n3c(C)ccc3C)C2=O)cc(OC)c1OC. The molecule has 1 saturated heterocycles. The Morgan fingerprint density at radius 1 is 1.18 bits per heavy atom. The molecule has 1 aromatic carbocycles. The van der Waals surface area contributed by atoms with E-state index in [1.807, 2.05) is 48.9 Å². The van der Waals surface area contributed by atoms with Crippen LogP contribution >= 0.6 is 24.0 Å². The van der Waals surface area contributed by atoms with Crippen molar-refractivity contribution in [2.45, 2.75) is 20.3 Å². The first-order valence-electron chi connectivity index (χ1n) is 8.70. The minimum Gasteiger partial charge on any atom is -0.493 e. The second kappa shape index (κ2) is 8.24. The van der Waals surface area contributed by atoms with Crippen molar-refractivity contribution in [2.24, 2.45) is 0 Å². The zero-order valence-corrected chi connectivity index (χ0v) is 17.9. The van der Waals surface area contributed by atoms with E-state index in [1.54, 1.807) is 25.3 Å². The van der Waals surface area contributed by atoms with Gasteiger partial charge >= 0.3 is 0 Å². The monoisotopic (exact) mass is 414 g/mol. The summed E-state index contributed by atoms with van der Waals surface area (Å²) in [6.07, 6.45) is 4.27. The van der Waals surface area contributed by atoms with E-state index in [4.69, 9.17) is 21.7 Å². The Kier molecular flexibility index (Phi) is 5.96. The van der Waals surface area contributed by atoms with E-state index >= 15 is 0 Å². The fourth-order valence-corrected chi connectivity index (χ4v) is 4.46. The predicted molar refractivity (Wildman–Crippen MR) is 119 cm³/mol. The molecule has 0 unspecified atom stereocenters. The Labute approximate surface area is 174 Å². The highest BCUT2D eigenvalue weighted by Gasteiger charge is 2.34. The van der Waals surface area contributed by atoms with Gasteiger partial charge in [-0.2, -0.15) is 5.01 Å². The first-order valence-corrected chi connectivity index (χ1v) is 9.92. The lowest BCUT2D eigenvalue weighted by Gasteiger charge is -2.20. The second-order valence-corrected chi connectivity index (χ2v) is 8.01. The number of thiocarbonyl (C=S) groups is 1. The Bertz CT molecular complexity index is 972. The Balaban J connectivity index is 2.02. The van der Waals surface area contributed by atoms with Crippen LogP contribution in [0.25, 0.3) is 6.08 Å². The molecule has 28 heavy (non-hydrogen) atoms. The van der Waals surface area contributed by atoms with E-state index in [0.717, 1.165) is 22.5 Å². The second-order valence-electron chi connectivity index (χ2n) is 6.33. The smallest absolute Gasteiger partial charge is 0.285 e. The molecule has 7 heteroatoms. The summed E-state index contributed by atoms with van der Waals surface area (Å²) in [7, 11) is 3.20. The van der Waals surface area contributed by atoms with Gasteiger partial charge in [0.05, 0.1) is 19.1 Å². The number of benzene rings is 1. The highest BCUT2D eigenvalue weighted by atomic mass is 32.2. The molecule has 1 fully saturated rings. The summed E-state index contributed by atoms with van der Waals surface area (Å²) in [5.74, 6) is 1.14. The van der Waals surface area contributed by atoms with Crippen LogP contribution in [0.2, 0.25) is 0 Å². The van der Waals surface area contributed by atoms with Crippen LogP contribution in [0.1, 0.15) is 22.5 Å². The number of hydrogen-bond donors (Lipinski definition) is 0. The molecule has 0 aliphatic carbocycles. The van der Waals surface area contributed by atoms with Gasteiger partial charge in [-0.25, -0.2) is 0 Å². The number of rotatable bonds is 6. The summed E-state index contributed by atoms with van der Waals surface area (Å²) < 4.78 is 13.3. The van der Waals surface area contributed by atoms with E-state index in [2.05, 4.69) is 6.58 Å². The lowest BCUT2D eigenvalue weighted by molar-refractivity contribution is -0.114. The van der Waals surface area contributed by atoms with Crippen LogP contribution in [0.15, 0.2) is 41.8 Å². The molecule has 1 amide bonds. The highest BCUT2D eigenvalue weighted by Crippen LogP contribution is 2.37. The van der Waals surface area contributed by atoms with Crippen LogP contribution in [-0.2, 0) is 11.2 Å². The van der Waals surface area contributed by atoms with Gasteiger partial charge in [0.15, 0.2) is 15.8 Å². The fraction of sp³-hybridized carbons (Fsp3) is 0.238. The molecule has 0 radical (unpaired) electrons. The van der Waals surface area contributed by atoms with Gasteiger partial charge in [-0.15, -0.1) is 6.58 Å². The number of allylic oxidation sites excluding steroid dienone is 1. The van der Waals surface area contributed by atoms with Gasteiger partial charge in [-0.05, 0) is 68.4 Å². The van der Waals surface area contributed by atoms with E-state index in [-0.39, 0.29) is 5.91 Å². The predicted octanol–water partition coefficient (Wildman–Crippen LogP) is 4.39. The largest absolute Gasteiger partial charge is 0.493 e. The average molecular weight is 415 g/mol. The number of hydrogen-bond acceptors (Lipinski definition) is 5. The van der Waals surface area contributed by atoms with E-state index in [1.165, 1.54) is 11.8 Å². The molecule has 0 atom stereocenters. The van der Waals surface area contributed by atoms with E-state index in [0.29, 0.717) is 27.1 Å². The number of ether oxygens (including phenoxy) is 2. The van der Waals surface area contributed by atoms with Crippen molar-refractivity contribution in [2.75, 3.05) is 19.2 Å². The first kappa shape index (κ1) is 20.2. The van der Waals surface area contributed by atoms with Crippen molar-refractivity contribution in [3.05, 3.63) is 64.3 Å². The maximum atomic E-state index is 13.1. The third-order valence-corrected chi connectivity index (χ3v) is 5.73. The Morgan fingerprint density at radius 2 is 1.86 bits per heavy atom. The van der Waals surface area contributed by atoms with Crippen LogP contribution in [0.3, 0.4) is 0 Å². The van der Waals surface area contributed by atoms with Crippen LogP contribution in [0, 0.1) is 13.8 Å². The van der Waals surface area contributed by atoms with Gasteiger partial charge in [0, 0.05) is 17.0 Å². The van der Waals surface area contributed by atoms with Crippen molar-refractivity contribution in [1.29, 1.82) is 0 Å². The molecular formula is C21H22N2O3S2. The van der Waals surface area contributed by atoms with Gasteiger partial charge in [-0.3, -0.25) is 9.47 Å². The van der Waals surface area contributed by atoms with Crippen molar-refractivity contribution >= 4 is 40.3 Å². The molecule has 3 rings (SSSR count). The van der Waals surface area contributed by atoms with Crippen LogP contribution in [0.5, 0.6) is 11.5 Å².